The number of nitrogens with zero attached hydrogens (tertiary/aromatic N) is 5. The molecule has 0 saturated carbocycles. The Morgan fingerprint density at radius 3 is 2.57 bits per heavy atom. The summed E-state index contributed by atoms with van der Waals surface area (Å²) < 4.78 is 7.28. The molecular formula is C26H33N5O3S. The van der Waals surface area contributed by atoms with E-state index in [1.807, 2.05) is 20.5 Å². The second-order valence-electron chi connectivity index (χ2n) is 9.83. The molecule has 2 aliphatic heterocycles. The SMILES string of the molecule is Cc1cc(-c2cc(C(=O)N3CCCC(C(=O)N4CCOCC4)C3)c3cnn(C(C)C)c3n2)c(C)s1. The van der Waals surface area contributed by atoms with Crippen molar-refractivity contribution in [3.63, 3.8) is 0 Å². The Balaban J connectivity index is 1.50. The number of hydrogen-bond donors (Lipinski definition) is 0. The minimum absolute atomic E-state index is 0.0500. The zero-order chi connectivity index (χ0) is 24.7. The summed E-state index contributed by atoms with van der Waals surface area (Å²) in [6.45, 7) is 11.8. The molecule has 2 fully saturated rings. The lowest BCUT2D eigenvalue weighted by atomic mass is 9.95. The second-order valence-corrected chi connectivity index (χ2v) is 11.3. The summed E-state index contributed by atoms with van der Waals surface area (Å²) in [5, 5.41) is 5.33. The summed E-state index contributed by atoms with van der Waals surface area (Å²) >= 11 is 1.73. The van der Waals surface area contributed by atoms with Crippen molar-refractivity contribution in [3.8, 4) is 11.3 Å². The lowest BCUT2D eigenvalue weighted by Crippen LogP contribution is -2.49. The van der Waals surface area contributed by atoms with Gasteiger partial charge in [0.05, 0.1) is 42.0 Å². The van der Waals surface area contributed by atoms with E-state index >= 15 is 0 Å². The number of aromatic nitrogens is 3. The van der Waals surface area contributed by atoms with Crippen molar-refractivity contribution in [1.82, 2.24) is 24.6 Å². The Hall–Kier alpha value is -2.78. The van der Waals surface area contributed by atoms with Gasteiger partial charge in [0, 0.05) is 47.5 Å². The van der Waals surface area contributed by atoms with Crippen LogP contribution in [0.3, 0.4) is 0 Å². The van der Waals surface area contributed by atoms with Crippen molar-refractivity contribution in [2.24, 2.45) is 5.92 Å². The van der Waals surface area contributed by atoms with Crippen LogP contribution in [0.5, 0.6) is 0 Å². The maximum Gasteiger partial charge on any atom is 0.254 e. The molecule has 2 amide bonds. The summed E-state index contributed by atoms with van der Waals surface area (Å²) in [6, 6.07) is 4.17. The van der Waals surface area contributed by atoms with Gasteiger partial charge in [-0.15, -0.1) is 11.3 Å². The molecular weight excluding hydrogens is 462 g/mol. The van der Waals surface area contributed by atoms with Crippen LogP contribution in [0.4, 0.5) is 0 Å². The van der Waals surface area contributed by atoms with Gasteiger partial charge in [0.15, 0.2) is 5.65 Å². The van der Waals surface area contributed by atoms with Gasteiger partial charge in [0.25, 0.3) is 5.91 Å². The molecule has 1 unspecified atom stereocenters. The zero-order valence-electron chi connectivity index (χ0n) is 20.9. The van der Waals surface area contributed by atoms with Gasteiger partial charge in [-0.1, -0.05) is 0 Å². The first kappa shape index (κ1) is 23.9. The Labute approximate surface area is 209 Å². The molecule has 1 atom stereocenters. The first-order chi connectivity index (χ1) is 16.8. The lowest BCUT2D eigenvalue weighted by molar-refractivity contribution is -0.141. The van der Waals surface area contributed by atoms with E-state index in [2.05, 4.69) is 38.9 Å². The monoisotopic (exact) mass is 495 g/mol. The van der Waals surface area contributed by atoms with Crippen LogP contribution in [0.25, 0.3) is 22.3 Å². The van der Waals surface area contributed by atoms with E-state index < -0.39 is 0 Å². The van der Waals surface area contributed by atoms with Crippen LogP contribution < -0.4 is 0 Å². The Morgan fingerprint density at radius 1 is 1.11 bits per heavy atom. The highest BCUT2D eigenvalue weighted by molar-refractivity contribution is 7.12. The fraction of sp³-hybridized carbons (Fsp3) is 0.538. The molecule has 35 heavy (non-hydrogen) atoms. The van der Waals surface area contributed by atoms with Gasteiger partial charge in [0.1, 0.15) is 0 Å². The number of pyridine rings is 1. The summed E-state index contributed by atoms with van der Waals surface area (Å²) in [6.07, 6.45) is 3.39. The highest BCUT2D eigenvalue weighted by Gasteiger charge is 2.33. The van der Waals surface area contributed by atoms with Crippen LogP contribution in [-0.4, -0.2) is 75.8 Å². The summed E-state index contributed by atoms with van der Waals surface area (Å²) in [5.74, 6) is -0.0721. The first-order valence-corrected chi connectivity index (χ1v) is 13.3. The molecule has 0 radical (unpaired) electrons. The quantitative estimate of drug-likeness (QED) is 0.545. The van der Waals surface area contributed by atoms with E-state index in [1.54, 1.807) is 17.5 Å². The van der Waals surface area contributed by atoms with Gasteiger partial charge < -0.3 is 14.5 Å². The zero-order valence-corrected chi connectivity index (χ0v) is 21.7. The molecule has 3 aromatic rings. The van der Waals surface area contributed by atoms with Gasteiger partial charge in [-0.25, -0.2) is 9.67 Å². The predicted molar refractivity (Wildman–Crippen MR) is 137 cm³/mol. The third kappa shape index (κ3) is 4.59. The topological polar surface area (TPSA) is 80.6 Å². The molecule has 0 aromatic carbocycles. The lowest BCUT2D eigenvalue weighted by Gasteiger charge is -2.36. The number of thiophene rings is 1. The first-order valence-electron chi connectivity index (χ1n) is 12.4. The number of carbonyl (C=O) groups is 2. The van der Waals surface area contributed by atoms with Gasteiger partial charge in [-0.3, -0.25) is 9.59 Å². The number of ether oxygens (including phenoxy) is 1. The van der Waals surface area contributed by atoms with Crippen LogP contribution in [-0.2, 0) is 9.53 Å². The molecule has 0 spiro atoms. The van der Waals surface area contributed by atoms with E-state index in [9.17, 15) is 9.59 Å². The van der Waals surface area contributed by atoms with E-state index in [4.69, 9.17) is 9.72 Å². The second kappa shape index (κ2) is 9.70. The van der Waals surface area contributed by atoms with Crippen LogP contribution in [0.2, 0.25) is 0 Å². The van der Waals surface area contributed by atoms with Crippen molar-refractivity contribution in [2.45, 2.75) is 46.6 Å². The fourth-order valence-electron chi connectivity index (χ4n) is 5.17. The minimum atomic E-state index is -0.164. The van der Waals surface area contributed by atoms with Crippen LogP contribution in [0.1, 0.15) is 52.8 Å². The number of piperidine rings is 1. The smallest absolute Gasteiger partial charge is 0.254 e. The van der Waals surface area contributed by atoms with E-state index in [0.29, 0.717) is 45.0 Å². The molecule has 5 heterocycles. The average molecular weight is 496 g/mol. The predicted octanol–water partition coefficient (Wildman–Crippen LogP) is 4.07. The average Bonchev–Trinajstić information content (AvgIpc) is 3.45. The Kier molecular flexibility index (Phi) is 6.63. The van der Waals surface area contributed by atoms with Crippen LogP contribution in [0, 0.1) is 19.8 Å². The van der Waals surface area contributed by atoms with Gasteiger partial charge in [-0.2, -0.15) is 5.10 Å². The molecule has 8 nitrogen and oxygen atoms in total. The Morgan fingerprint density at radius 2 is 1.89 bits per heavy atom. The third-order valence-electron chi connectivity index (χ3n) is 6.98. The molecule has 3 aromatic heterocycles. The van der Waals surface area contributed by atoms with Crippen LogP contribution in [0.15, 0.2) is 18.3 Å². The highest BCUT2D eigenvalue weighted by Crippen LogP contribution is 2.33. The van der Waals surface area contributed by atoms with E-state index in [0.717, 1.165) is 35.1 Å². The van der Waals surface area contributed by atoms with Crippen molar-refractivity contribution < 1.29 is 14.3 Å². The third-order valence-corrected chi connectivity index (χ3v) is 7.95. The number of rotatable bonds is 4. The summed E-state index contributed by atoms with van der Waals surface area (Å²) in [7, 11) is 0. The largest absolute Gasteiger partial charge is 0.378 e. The number of amides is 2. The molecule has 186 valence electrons. The van der Waals surface area contributed by atoms with Gasteiger partial charge >= 0.3 is 0 Å². The van der Waals surface area contributed by atoms with Gasteiger partial charge in [0.2, 0.25) is 5.91 Å². The van der Waals surface area contributed by atoms with Crippen molar-refractivity contribution in [2.75, 3.05) is 39.4 Å². The molecule has 9 heteroatoms. The van der Waals surface area contributed by atoms with Crippen LogP contribution >= 0.6 is 11.3 Å². The van der Waals surface area contributed by atoms with E-state index in [1.165, 1.54) is 9.75 Å². The number of morpholine rings is 1. The molecule has 0 bridgehead atoms. The van der Waals surface area contributed by atoms with Crippen molar-refractivity contribution >= 4 is 34.2 Å². The maximum atomic E-state index is 13.9. The summed E-state index contributed by atoms with van der Waals surface area (Å²) in [5.41, 5.74) is 3.18. The number of hydrogen-bond acceptors (Lipinski definition) is 6. The molecule has 2 aliphatic rings. The summed E-state index contributed by atoms with van der Waals surface area (Å²) in [4.78, 5) is 38.2. The maximum absolute atomic E-state index is 13.9. The van der Waals surface area contributed by atoms with E-state index in [-0.39, 0.29) is 23.8 Å². The number of carbonyl (C=O) groups excluding carboxylic acids is 2. The normalized spacial score (nSPS) is 19.1. The molecule has 0 N–H and O–H groups in total. The standard InChI is InChI=1S/C26H33N5O3S/c1-16(2)31-24-22(14-27-31)21(13-23(28-24)20-12-17(3)35-18(20)4)26(33)30-7-5-6-19(15-30)25(32)29-8-10-34-11-9-29/h12-14,16,19H,5-11,15H2,1-4H3. The molecule has 0 aliphatic carbocycles. The van der Waals surface area contributed by atoms with Gasteiger partial charge in [-0.05, 0) is 52.7 Å². The number of aryl methyl sites for hydroxylation is 2. The Bertz CT molecular complexity index is 1260. The minimum Gasteiger partial charge on any atom is -0.378 e. The fourth-order valence-corrected chi connectivity index (χ4v) is 6.10. The molecule has 5 rings (SSSR count). The number of likely N-dealkylation sites (tertiary alicyclic amines) is 1. The van der Waals surface area contributed by atoms with Crippen molar-refractivity contribution in [3.05, 3.63) is 33.6 Å². The van der Waals surface area contributed by atoms with Crippen molar-refractivity contribution in [1.29, 1.82) is 0 Å². The molecule has 2 saturated heterocycles. The highest BCUT2D eigenvalue weighted by atomic mass is 32.1. The number of fused-ring (bicyclic) bond motifs is 1.